The molecule has 4 rings (SSSR count). The highest BCUT2D eigenvalue weighted by Gasteiger charge is 2.31. The largest absolute Gasteiger partial charge is 0.492 e. The number of likely N-dealkylation sites (N-methyl/N-ethyl adjacent to an activating group) is 2. The maximum Gasteiger partial charge on any atom is 0.253 e. The molecule has 0 bridgehead atoms. The maximum atomic E-state index is 13.8. The number of ether oxygens (including phenoxy) is 1. The van der Waals surface area contributed by atoms with Crippen LogP contribution in [0.4, 0.5) is 5.69 Å². The molecule has 234 valence electrons. The zero-order valence-electron chi connectivity index (χ0n) is 26.8. The molecule has 1 saturated heterocycles. The predicted molar refractivity (Wildman–Crippen MR) is 177 cm³/mol. The fourth-order valence-electron chi connectivity index (χ4n) is 5.81. The topological polar surface area (TPSA) is 98.0 Å². The fraction of sp³-hybridized carbons (Fsp3) is 0.400. The number of H-pyrrole nitrogens is 1. The molecule has 1 aliphatic rings. The van der Waals surface area contributed by atoms with Crippen LogP contribution >= 0.6 is 0 Å². The van der Waals surface area contributed by atoms with Gasteiger partial charge in [0.05, 0.1) is 0 Å². The number of nitrogens with zero attached hydrogens (tertiary/aromatic N) is 3. The van der Waals surface area contributed by atoms with E-state index in [1.807, 2.05) is 76.2 Å². The second-order valence-corrected chi connectivity index (χ2v) is 11.7. The molecule has 1 atom stereocenters. The molecule has 44 heavy (non-hydrogen) atoms. The van der Waals surface area contributed by atoms with Gasteiger partial charge in [-0.2, -0.15) is 0 Å². The van der Waals surface area contributed by atoms with E-state index in [2.05, 4.69) is 39.7 Å². The highest BCUT2D eigenvalue weighted by atomic mass is 16.5. The number of aryl methyl sites for hydroxylation is 2. The Kier molecular flexibility index (Phi) is 10.7. The normalized spacial score (nSPS) is 14.5. The lowest BCUT2D eigenvalue weighted by molar-refractivity contribution is -0.125. The molecule has 9 nitrogen and oxygen atoms in total. The second kappa shape index (κ2) is 14.4. The molecule has 0 spiro atoms. The van der Waals surface area contributed by atoms with Crippen LogP contribution in [0, 0.1) is 20.8 Å². The first-order valence-corrected chi connectivity index (χ1v) is 15.2. The molecule has 2 aromatic carbocycles. The molecular weight excluding hydrogens is 554 g/mol. The minimum absolute atomic E-state index is 0.0663. The lowest BCUT2D eigenvalue weighted by Gasteiger charge is -2.32. The van der Waals surface area contributed by atoms with Gasteiger partial charge in [-0.15, -0.1) is 0 Å². The minimum Gasteiger partial charge on any atom is -0.492 e. The van der Waals surface area contributed by atoms with E-state index >= 15 is 0 Å². The van der Waals surface area contributed by atoms with Gasteiger partial charge in [0.1, 0.15) is 12.4 Å². The number of likely N-dealkylation sites (tertiary alicyclic amines) is 1. The number of amides is 2. The van der Waals surface area contributed by atoms with Gasteiger partial charge in [0, 0.05) is 61.3 Å². The SMILES string of the molecule is C=CC(=O)N1CCC(N(CC)c2cc(-c3ccc(OCCN(C)C)cc3)cc(C(=O)NCc3c(C)cc(C)[nH]c3=O)c2C)C1. The zero-order chi connectivity index (χ0) is 32.0. The molecule has 2 N–H and O–H groups in total. The second-order valence-electron chi connectivity index (χ2n) is 11.7. The molecule has 1 unspecified atom stereocenters. The average Bonchev–Trinajstić information content (AvgIpc) is 3.47. The molecule has 0 saturated carbocycles. The van der Waals surface area contributed by atoms with Gasteiger partial charge in [-0.05, 0) is 107 Å². The van der Waals surface area contributed by atoms with Crippen LogP contribution in [-0.2, 0) is 11.3 Å². The van der Waals surface area contributed by atoms with Gasteiger partial charge >= 0.3 is 0 Å². The van der Waals surface area contributed by atoms with Gasteiger partial charge in [-0.25, -0.2) is 0 Å². The third-order valence-electron chi connectivity index (χ3n) is 8.28. The number of aromatic amines is 1. The van der Waals surface area contributed by atoms with Crippen molar-refractivity contribution < 1.29 is 14.3 Å². The Balaban J connectivity index is 1.69. The van der Waals surface area contributed by atoms with Crippen molar-refractivity contribution in [2.75, 3.05) is 51.8 Å². The van der Waals surface area contributed by atoms with Crippen LogP contribution in [0.15, 0.2) is 59.9 Å². The molecule has 0 aliphatic carbocycles. The summed E-state index contributed by atoms with van der Waals surface area (Å²) in [6.45, 7) is 14.9. The van der Waals surface area contributed by atoms with Crippen LogP contribution in [0.1, 0.15) is 46.1 Å². The van der Waals surface area contributed by atoms with Gasteiger partial charge < -0.3 is 29.7 Å². The Morgan fingerprint density at radius 1 is 1.11 bits per heavy atom. The van der Waals surface area contributed by atoms with Gasteiger partial charge in [0.25, 0.3) is 11.5 Å². The van der Waals surface area contributed by atoms with E-state index in [9.17, 15) is 14.4 Å². The Labute approximate surface area is 260 Å². The monoisotopic (exact) mass is 599 g/mol. The van der Waals surface area contributed by atoms with E-state index in [-0.39, 0.29) is 30.0 Å². The van der Waals surface area contributed by atoms with E-state index in [0.29, 0.717) is 37.4 Å². The summed E-state index contributed by atoms with van der Waals surface area (Å²) in [5.74, 6) is 0.468. The van der Waals surface area contributed by atoms with Crippen LogP contribution in [0.25, 0.3) is 11.1 Å². The molecule has 3 aromatic rings. The Morgan fingerprint density at radius 2 is 1.84 bits per heavy atom. The van der Waals surface area contributed by atoms with Crippen LogP contribution < -0.4 is 20.5 Å². The molecule has 1 aromatic heterocycles. The molecular formula is C35H45N5O4. The Bertz CT molecular complexity index is 1560. The first-order valence-electron chi connectivity index (χ1n) is 15.2. The number of hydrogen-bond acceptors (Lipinski definition) is 6. The number of carbonyl (C=O) groups is 2. The summed E-state index contributed by atoms with van der Waals surface area (Å²) in [5.41, 5.74) is 6.15. The molecule has 1 aliphatic heterocycles. The van der Waals surface area contributed by atoms with Crippen molar-refractivity contribution in [1.29, 1.82) is 0 Å². The summed E-state index contributed by atoms with van der Waals surface area (Å²) in [6.07, 6.45) is 2.19. The molecule has 1 fully saturated rings. The van der Waals surface area contributed by atoms with E-state index in [4.69, 9.17) is 4.74 Å². The fourth-order valence-corrected chi connectivity index (χ4v) is 5.81. The number of benzene rings is 2. The number of rotatable bonds is 12. The van der Waals surface area contributed by atoms with E-state index in [1.165, 1.54) is 6.08 Å². The van der Waals surface area contributed by atoms with Crippen molar-refractivity contribution in [3.05, 3.63) is 93.4 Å². The number of hydrogen-bond donors (Lipinski definition) is 2. The lowest BCUT2D eigenvalue weighted by Crippen LogP contribution is -2.39. The highest BCUT2D eigenvalue weighted by molar-refractivity contribution is 5.99. The zero-order valence-corrected chi connectivity index (χ0v) is 26.8. The number of pyridine rings is 1. The number of nitrogens with one attached hydrogen (secondary N) is 2. The highest BCUT2D eigenvalue weighted by Crippen LogP contribution is 2.34. The van der Waals surface area contributed by atoms with Crippen molar-refractivity contribution in [2.45, 2.75) is 46.7 Å². The first kappa shape index (κ1) is 32.5. The summed E-state index contributed by atoms with van der Waals surface area (Å²) >= 11 is 0. The van der Waals surface area contributed by atoms with Crippen molar-refractivity contribution in [3.8, 4) is 16.9 Å². The van der Waals surface area contributed by atoms with Crippen LogP contribution in [0.3, 0.4) is 0 Å². The molecule has 0 radical (unpaired) electrons. The quantitative estimate of drug-likeness (QED) is 0.299. The summed E-state index contributed by atoms with van der Waals surface area (Å²) in [6, 6.07) is 14.0. The smallest absolute Gasteiger partial charge is 0.253 e. The van der Waals surface area contributed by atoms with Gasteiger partial charge in [0.15, 0.2) is 0 Å². The van der Waals surface area contributed by atoms with E-state index in [0.717, 1.165) is 52.4 Å². The van der Waals surface area contributed by atoms with Crippen molar-refractivity contribution >= 4 is 17.5 Å². The lowest BCUT2D eigenvalue weighted by atomic mass is 9.95. The number of aromatic nitrogens is 1. The van der Waals surface area contributed by atoms with Crippen molar-refractivity contribution in [3.63, 3.8) is 0 Å². The van der Waals surface area contributed by atoms with Gasteiger partial charge in [0.2, 0.25) is 5.91 Å². The summed E-state index contributed by atoms with van der Waals surface area (Å²) in [5, 5.41) is 3.00. The van der Waals surface area contributed by atoms with Crippen molar-refractivity contribution in [2.24, 2.45) is 0 Å². The summed E-state index contributed by atoms with van der Waals surface area (Å²) in [7, 11) is 4.02. The summed E-state index contributed by atoms with van der Waals surface area (Å²) < 4.78 is 5.89. The van der Waals surface area contributed by atoms with Gasteiger partial charge in [-0.1, -0.05) is 18.7 Å². The minimum atomic E-state index is -0.250. The van der Waals surface area contributed by atoms with Crippen LogP contribution in [0.5, 0.6) is 5.75 Å². The third-order valence-corrected chi connectivity index (χ3v) is 8.28. The van der Waals surface area contributed by atoms with Gasteiger partial charge in [-0.3, -0.25) is 14.4 Å². The molecule has 2 heterocycles. The Hall–Kier alpha value is -4.37. The Morgan fingerprint density at radius 3 is 2.48 bits per heavy atom. The number of carbonyl (C=O) groups excluding carboxylic acids is 2. The van der Waals surface area contributed by atoms with E-state index in [1.54, 1.807) is 0 Å². The van der Waals surface area contributed by atoms with Crippen LogP contribution in [0.2, 0.25) is 0 Å². The molecule has 9 heteroatoms. The van der Waals surface area contributed by atoms with Crippen molar-refractivity contribution in [1.82, 2.24) is 20.1 Å². The van der Waals surface area contributed by atoms with Crippen LogP contribution in [-0.4, -0.2) is 79.5 Å². The van der Waals surface area contributed by atoms with E-state index < -0.39 is 0 Å². The third kappa shape index (κ3) is 7.58. The number of anilines is 1. The average molecular weight is 600 g/mol. The standard InChI is InChI=1S/C35H45N5O4/c1-8-33(41)39-15-14-28(22-39)40(9-2)32-20-27(26-10-12-29(13-11-26)44-17-16-38(6)7)19-30(25(32)5)34(42)36-21-31-23(3)18-24(4)37-35(31)43/h8,10-13,18-20,28H,1,9,14-17,21-22H2,2-7H3,(H,36,42)(H,37,43). The maximum absolute atomic E-state index is 13.8. The summed E-state index contributed by atoms with van der Waals surface area (Å²) in [4.78, 5) is 47.7. The first-order chi connectivity index (χ1) is 21.0. The molecule has 2 amide bonds. The predicted octanol–water partition coefficient (Wildman–Crippen LogP) is 4.45.